The molecule has 24 heavy (non-hydrogen) atoms. The lowest BCUT2D eigenvalue weighted by molar-refractivity contribution is -0.384. The summed E-state index contributed by atoms with van der Waals surface area (Å²) in [6.07, 6.45) is 1.62. The maximum absolute atomic E-state index is 10.7. The molecule has 0 fully saturated rings. The van der Waals surface area contributed by atoms with Crippen LogP contribution in [-0.4, -0.2) is 16.1 Å². The first-order valence-electron chi connectivity index (χ1n) is 6.87. The first kappa shape index (κ1) is 16.1. The molecule has 120 valence electrons. The fourth-order valence-corrected chi connectivity index (χ4v) is 2.80. The van der Waals surface area contributed by atoms with Gasteiger partial charge in [0, 0.05) is 33.7 Å². The average Bonchev–Trinajstić information content (AvgIpc) is 3.05. The zero-order valence-corrected chi connectivity index (χ0v) is 13.8. The van der Waals surface area contributed by atoms with E-state index in [4.69, 9.17) is 11.6 Å². The van der Waals surface area contributed by atoms with Gasteiger partial charge >= 0.3 is 0 Å². The van der Waals surface area contributed by atoms with Crippen LogP contribution in [0.4, 0.5) is 10.8 Å². The van der Waals surface area contributed by atoms with E-state index in [0.717, 1.165) is 16.8 Å². The number of hydrogen-bond acceptors (Lipinski definition) is 6. The number of nitro benzene ring substituents is 1. The molecular formula is C16H11ClN4O2S. The van der Waals surface area contributed by atoms with Crippen molar-refractivity contribution in [2.24, 2.45) is 5.10 Å². The van der Waals surface area contributed by atoms with E-state index in [-0.39, 0.29) is 5.69 Å². The van der Waals surface area contributed by atoms with Gasteiger partial charge in [0.25, 0.3) is 5.69 Å². The topological polar surface area (TPSA) is 80.4 Å². The molecule has 0 aliphatic heterocycles. The van der Waals surface area contributed by atoms with Gasteiger partial charge in [0.2, 0.25) is 5.13 Å². The van der Waals surface area contributed by atoms with Crippen molar-refractivity contribution in [3.63, 3.8) is 0 Å². The lowest BCUT2D eigenvalue weighted by Gasteiger charge is -1.97. The van der Waals surface area contributed by atoms with E-state index in [1.54, 1.807) is 24.4 Å². The predicted molar refractivity (Wildman–Crippen MR) is 96.9 cm³/mol. The molecule has 1 N–H and O–H groups in total. The third-order valence-corrected chi connectivity index (χ3v) is 4.24. The second-order valence-corrected chi connectivity index (χ2v) is 6.00. The third kappa shape index (κ3) is 3.76. The molecule has 0 bridgehead atoms. The maximum atomic E-state index is 10.7. The van der Waals surface area contributed by atoms with Crippen LogP contribution >= 0.6 is 22.9 Å². The van der Waals surface area contributed by atoms with Crippen LogP contribution in [0, 0.1) is 10.1 Å². The van der Waals surface area contributed by atoms with Gasteiger partial charge in [-0.2, -0.15) is 5.10 Å². The van der Waals surface area contributed by atoms with Crippen LogP contribution in [-0.2, 0) is 0 Å². The molecule has 0 saturated carbocycles. The Hall–Kier alpha value is -2.77. The average molecular weight is 359 g/mol. The molecule has 0 unspecified atom stereocenters. The summed E-state index contributed by atoms with van der Waals surface area (Å²) in [5.74, 6) is 0. The van der Waals surface area contributed by atoms with Crippen molar-refractivity contribution in [1.82, 2.24) is 4.98 Å². The molecule has 6 nitrogen and oxygen atoms in total. The van der Waals surface area contributed by atoms with Crippen LogP contribution in [0.3, 0.4) is 0 Å². The number of non-ortho nitro benzene ring substituents is 1. The SMILES string of the molecule is O=[N+]([O-])c1ccc(-c2csc(N/N=C\c3ccccc3Cl)n2)cc1. The Balaban J connectivity index is 1.69. The Kier molecular flexibility index (Phi) is 4.83. The maximum Gasteiger partial charge on any atom is 0.269 e. The summed E-state index contributed by atoms with van der Waals surface area (Å²) in [4.78, 5) is 14.6. The van der Waals surface area contributed by atoms with Crippen molar-refractivity contribution < 1.29 is 4.92 Å². The van der Waals surface area contributed by atoms with Crippen LogP contribution in [0.2, 0.25) is 5.02 Å². The highest BCUT2D eigenvalue weighted by Crippen LogP contribution is 2.26. The number of nitrogens with zero attached hydrogens (tertiary/aromatic N) is 3. The summed E-state index contributed by atoms with van der Waals surface area (Å²) in [5.41, 5.74) is 5.24. The highest BCUT2D eigenvalue weighted by Gasteiger charge is 2.08. The summed E-state index contributed by atoms with van der Waals surface area (Å²) < 4.78 is 0. The van der Waals surface area contributed by atoms with Crippen LogP contribution in [0.25, 0.3) is 11.3 Å². The van der Waals surface area contributed by atoms with E-state index >= 15 is 0 Å². The molecule has 0 saturated heterocycles. The normalized spacial score (nSPS) is 10.9. The number of benzene rings is 2. The molecule has 0 aliphatic rings. The van der Waals surface area contributed by atoms with Gasteiger partial charge in [0.05, 0.1) is 16.8 Å². The van der Waals surface area contributed by atoms with Gasteiger partial charge in [0.15, 0.2) is 0 Å². The molecule has 3 rings (SSSR count). The fraction of sp³-hybridized carbons (Fsp3) is 0. The molecule has 0 amide bonds. The second kappa shape index (κ2) is 7.20. The van der Waals surface area contributed by atoms with Crippen molar-refractivity contribution >= 4 is 40.0 Å². The number of thiazole rings is 1. The summed E-state index contributed by atoms with van der Waals surface area (Å²) >= 11 is 7.44. The van der Waals surface area contributed by atoms with Gasteiger partial charge in [0.1, 0.15) is 0 Å². The van der Waals surface area contributed by atoms with Crippen molar-refractivity contribution in [2.75, 3.05) is 5.43 Å². The lowest BCUT2D eigenvalue weighted by Crippen LogP contribution is -1.91. The van der Waals surface area contributed by atoms with Gasteiger partial charge < -0.3 is 0 Å². The van der Waals surface area contributed by atoms with E-state index in [0.29, 0.717) is 10.2 Å². The Labute approximate surface area is 146 Å². The summed E-state index contributed by atoms with van der Waals surface area (Å²) in [7, 11) is 0. The number of hydrogen-bond donors (Lipinski definition) is 1. The number of halogens is 1. The minimum atomic E-state index is -0.429. The van der Waals surface area contributed by atoms with Gasteiger partial charge in [-0.25, -0.2) is 4.98 Å². The van der Waals surface area contributed by atoms with E-state index in [2.05, 4.69) is 15.5 Å². The first-order chi connectivity index (χ1) is 11.6. The Morgan fingerprint density at radius 1 is 1.21 bits per heavy atom. The molecule has 1 aromatic heterocycles. The lowest BCUT2D eigenvalue weighted by atomic mass is 10.1. The Bertz CT molecular complexity index is 893. The molecule has 0 radical (unpaired) electrons. The minimum Gasteiger partial charge on any atom is -0.258 e. The smallest absolute Gasteiger partial charge is 0.258 e. The molecule has 0 atom stereocenters. The van der Waals surface area contributed by atoms with E-state index in [9.17, 15) is 10.1 Å². The van der Waals surface area contributed by atoms with Gasteiger partial charge in [-0.3, -0.25) is 15.5 Å². The Morgan fingerprint density at radius 2 is 1.96 bits per heavy atom. The molecule has 2 aromatic carbocycles. The summed E-state index contributed by atoms with van der Waals surface area (Å²) in [5, 5.41) is 17.9. The van der Waals surface area contributed by atoms with Crippen molar-refractivity contribution in [3.05, 3.63) is 74.6 Å². The van der Waals surface area contributed by atoms with Crippen molar-refractivity contribution in [3.8, 4) is 11.3 Å². The van der Waals surface area contributed by atoms with E-state index in [1.165, 1.54) is 23.5 Å². The van der Waals surface area contributed by atoms with Gasteiger partial charge in [-0.1, -0.05) is 29.8 Å². The number of hydrazone groups is 1. The number of aromatic nitrogens is 1. The predicted octanol–water partition coefficient (Wildman–Crippen LogP) is 4.82. The molecule has 8 heteroatoms. The monoisotopic (exact) mass is 358 g/mol. The number of rotatable bonds is 5. The number of nitro groups is 1. The standard InChI is InChI=1S/C16H11ClN4O2S/c17-14-4-2-1-3-12(14)9-18-20-16-19-15(10-24-16)11-5-7-13(8-6-11)21(22)23/h1-10H,(H,19,20)/b18-9-. The minimum absolute atomic E-state index is 0.0525. The van der Waals surface area contributed by atoms with Gasteiger partial charge in [-0.15, -0.1) is 11.3 Å². The van der Waals surface area contributed by atoms with Crippen molar-refractivity contribution in [2.45, 2.75) is 0 Å². The second-order valence-electron chi connectivity index (χ2n) is 4.73. The zero-order chi connectivity index (χ0) is 16.9. The van der Waals surface area contributed by atoms with Crippen LogP contribution < -0.4 is 5.43 Å². The van der Waals surface area contributed by atoms with Crippen LogP contribution in [0.5, 0.6) is 0 Å². The van der Waals surface area contributed by atoms with E-state index < -0.39 is 4.92 Å². The molecule has 1 heterocycles. The largest absolute Gasteiger partial charge is 0.269 e. The summed E-state index contributed by atoms with van der Waals surface area (Å²) in [6, 6.07) is 13.6. The molecule has 3 aromatic rings. The first-order valence-corrected chi connectivity index (χ1v) is 8.13. The third-order valence-electron chi connectivity index (χ3n) is 3.15. The van der Waals surface area contributed by atoms with Crippen LogP contribution in [0.15, 0.2) is 59.0 Å². The van der Waals surface area contributed by atoms with Crippen molar-refractivity contribution in [1.29, 1.82) is 0 Å². The number of anilines is 1. The number of nitrogens with one attached hydrogen (secondary N) is 1. The molecular weight excluding hydrogens is 348 g/mol. The molecule has 0 aliphatic carbocycles. The highest BCUT2D eigenvalue weighted by molar-refractivity contribution is 7.14. The Morgan fingerprint density at radius 3 is 2.67 bits per heavy atom. The zero-order valence-electron chi connectivity index (χ0n) is 12.2. The van der Waals surface area contributed by atoms with Crippen LogP contribution in [0.1, 0.15) is 5.56 Å². The van der Waals surface area contributed by atoms with Gasteiger partial charge in [-0.05, 0) is 18.2 Å². The molecule has 0 spiro atoms. The highest BCUT2D eigenvalue weighted by atomic mass is 35.5. The quantitative estimate of drug-likeness (QED) is 0.403. The summed E-state index contributed by atoms with van der Waals surface area (Å²) in [6.45, 7) is 0. The fourth-order valence-electron chi connectivity index (χ4n) is 1.95. The van der Waals surface area contributed by atoms with E-state index in [1.807, 2.05) is 23.6 Å².